The summed E-state index contributed by atoms with van der Waals surface area (Å²) in [5, 5.41) is 11.1. The first-order chi connectivity index (χ1) is 15.3. The Morgan fingerprint density at radius 3 is 2.38 bits per heavy atom. The summed E-state index contributed by atoms with van der Waals surface area (Å²) in [6.45, 7) is -0.235. The van der Waals surface area contributed by atoms with Gasteiger partial charge in [-0.1, -0.05) is 60.7 Å². The fourth-order valence-corrected chi connectivity index (χ4v) is 4.78. The number of hydrogen-bond donors (Lipinski definition) is 1. The summed E-state index contributed by atoms with van der Waals surface area (Å²) in [6, 6.07) is 19.6. The quantitative estimate of drug-likeness (QED) is 0.567. The number of carboxylic acids is 1. The molecule has 166 valence electrons. The zero-order chi connectivity index (χ0) is 22.7. The number of hydrogen-bond acceptors (Lipinski definition) is 6. The molecule has 8 nitrogen and oxygen atoms in total. The summed E-state index contributed by atoms with van der Waals surface area (Å²) >= 11 is 0. The number of carbonyl (C=O) groups is 2. The van der Waals surface area contributed by atoms with Crippen LogP contribution in [0.5, 0.6) is 0 Å². The van der Waals surface area contributed by atoms with Gasteiger partial charge in [-0.25, -0.2) is 9.59 Å². The van der Waals surface area contributed by atoms with E-state index < -0.39 is 34.3 Å². The maximum Gasteiger partial charge on any atom is 0.410 e. The van der Waals surface area contributed by atoms with E-state index in [1.807, 2.05) is 18.2 Å². The first-order valence-corrected chi connectivity index (χ1v) is 11.4. The van der Waals surface area contributed by atoms with Crippen molar-refractivity contribution in [2.24, 2.45) is 0 Å². The molecule has 0 unspecified atom stereocenters. The van der Waals surface area contributed by atoms with Crippen molar-refractivity contribution < 1.29 is 32.0 Å². The highest BCUT2D eigenvalue weighted by Gasteiger charge is 2.43. The van der Waals surface area contributed by atoms with Crippen molar-refractivity contribution in [2.75, 3.05) is 6.54 Å². The minimum atomic E-state index is -4.16. The fraction of sp³-hybridized carbons (Fsp3) is 0.217. The van der Waals surface area contributed by atoms with E-state index >= 15 is 0 Å². The summed E-state index contributed by atoms with van der Waals surface area (Å²) in [5.74, 6) is -1.25. The second-order valence-electron chi connectivity index (χ2n) is 7.46. The monoisotopic (exact) mass is 455 g/mol. The molecular formula is C23H21NO7S. The Bertz CT molecular complexity index is 1240. The van der Waals surface area contributed by atoms with E-state index in [0.29, 0.717) is 0 Å². The molecule has 1 heterocycles. The van der Waals surface area contributed by atoms with E-state index in [1.165, 1.54) is 12.1 Å². The Hall–Kier alpha value is -3.43. The average molecular weight is 455 g/mol. The number of aliphatic carboxylic acids is 1. The standard InChI is InChI=1S/C23H21NO7S/c25-22(26)21-13-19(14-24(21)23(27)30-15-16-6-2-1-3-7-16)31-32(28,29)20-11-10-17-8-4-5-9-18(17)12-20/h1-12,19,21H,13-15H2,(H,25,26)/t19-,21+/m1/s1. The highest BCUT2D eigenvalue weighted by Crippen LogP contribution is 2.27. The molecule has 1 N–H and O–H groups in total. The summed E-state index contributed by atoms with van der Waals surface area (Å²) in [5.41, 5.74) is 0.749. The van der Waals surface area contributed by atoms with Crippen LogP contribution >= 0.6 is 0 Å². The number of fused-ring (bicyclic) bond motifs is 1. The van der Waals surface area contributed by atoms with Crippen molar-refractivity contribution in [1.29, 1.82) is 0 Å². The van der Waals surface area contributed by atoms with Crippen LogP contribution in [0.2, 0.25) is 0 Å². The molecule has 3 aromatic carbocycles. The number of likely N-dealkylation sites (tertiary alicyclic amines) is 1. The molecule has 32 heavy (non-hydrogen) atoms. The number of rotatable bonds is 6. The third kappa shape index (κ3) is 4.74. The van der Waals surface area contributed by atoms with Gasteiger partial charge in [-0.2, -0.15) is 8.42 Å². The van der Waals surface area contributed by atoms with Gasteiger partial charge in [-0.05, 0) is 28.5 Å². The maximum absolute atomic E-state index is 12.8. The number of carbonyl (C=O) groups excluding carboxylic acids is 1. The van der Waals surface area contributed by atoms with Gasteiger partial charge in [-0.15, -0.1) is 0 Å². The van der Waals surface area contributed by atoms with Gasteiger partial charge >= 0.3 is 12.1 Å². The minimum absolute atomic E-state index is 0.0244. The number of benzene rings is 3. The van der Waals surface area contributed by atoms with Gasteiger partial charge in [0, 0.05) is 6.42 Å². The van der Waals surface area contributed by atoms with Crippen molar-refractivity contribution in [3.63, 3.8) is 0 Å². The van der Waals surface area contributed by atoms with Crippen LogP contribution in [0.1, 0.15) is 12.0 Å². The van der Waals surface area contributed by atoms with Crippen LogP contribution in [0, 0.1) is 0 Å². The Kier molecular flexibility index (Phi) is 6.11. The lowest BCUT2D eigenvalue weighted by molar-refractivity contribution is -0.141. The molecule has 1 fully saturated rings. The van der Waals surface area contributed by atoms with Crippen LogP contribution < -0.4 is 0 Å². The van der Waals surface area contributed by atoms with Gasteiger partial charge in [0.15, 0.2) is 0 Å². The molecule has 9 heteroatoms. The second-order valence-corrected chi connectivity index (χ2v) is 9.04. The molecule has 0 aliphatic carbocycles. The molecule has 2 atom stereocenters. The molecule has 0 saturated carbocycles. The van der Waals surface area contributed by atoms with Crippen LogP contribution in [0.4, 0.5) is 4.79 Å². The zero-order valence-corrected chi connectivity index (χ0v) is 17.8. The molecule has 0 radical (unpaired) electrons. The first kappa shape index (κ1) is 21.8. The Morgan fingerprint density at radius 2 is 1.66 bits per heavy atom. The Balaban J connectivity index is 1.46. The van der Waals surface area contributed by atoms with Crippen LogP contribution in [0.3, 0.4) is 0 Å². The predicted molar refractivity (Wildman–Crippen MR) is 115 cm³/mol. The van der Waals surface area contributed by atoms with Gasteiger partial charge in [0.2, 0.25) is 0 Å². The molecule has 0 bridgehead atoms. The van der Waals surface area contributed by atoms with Crippen molar-refractivity contribution in [1.82, 2.24) is 4.90 Å². The number of nitrogens with zero attached hydrogens (tertiary/aromatic N) is 1. The lowest BCUT2D eigenvalue weighted by Crippen LogP contribution is -2.40. The molecule has 1 aliphatic heterocycles. The lowest BCUT2D eigenvalue weighted by Gasteiger charge is -2.20. The summed E-state index contributed by atoms with van der Waals surface area (Å²) in [4.78, 5) is 25.1. The van der Waals surface area contributed by atoms with Gasteiger partial charge in [0.05, 0.1) is 17.5 Å². The topological polar surface area (TPSA) is 110 Å². The summed E-state index contributed by atoms with van der Waals surface area (Å²) in [7, 11) is -4.16. The molecule has 1 aliphatic rings. The molecule has 0 aromatic heterocycles. The first-order valence-electron chi connectivity index (χ1n) is 9.96. The van der Waals surface area contributed by atoms with E-state index in [0.717, 1.165) is 21.2 Å². The maximum atomic E-state index is 12.8. The van der Waals surface area contributed by atoms with Crippen molar-refractivity contribution in [3.8, 4) is 0 Å². The number of amides is 1. The largest absolute Gasteiger partial charge is 0.480 e. The lowest BCUT2D eigenvalue weighted by atomic mass is 10.1. The molecule has 3 aromatic rings. The van der Waals surface area contributed by atoms with E-state index in [4.69, 9.17) is 8.92 Å². The average Bonchev–Trinajstić information content (AvgIpc) is 3.21. The van der Waals surface area contributed by atoms with Gasteiger partial charge in [0.1, 0.15) is 12.6 Å². The predicted octanol–water partition coefficient (Wildman–Crippen LogP) is 3.41. The van der Waals surface area contributed by atoms with Crippen molar-refractivity contribution in [3.05, 3.63) is 78.4 Å². The van der Waals surface area contributed by atoms with Crippen molar-refractivity contribution >= 4 is 33.0 Å². The Morgan fingerprint density at radius 1 is 0.969 bits per heavy atom. The minimum Gasteiger partial charge on any atom is -0.480 e. The van der Waals surface area contributed by atoms with Crippen LogP contribution in [-0.2, 0) is 30.4 Å². The fourth-order valence-electron chi connectivity index (χ4n) is 3.66. The van der Waals surface area contributed by atoms with Crippen LogP contribution in [-0.4, -0.2) is 49.2 Å². The van der Waals surface area contributed by atoms with E-state index in [-0.39, 0.29) is 24.5 Å². The normalized spacial score (nSPS) is 18.6. The van der Waals surface area contributed by atoms with Gasteiger partial charge in [0.25, 0.3) is 10.1 Å². The highest BCUT2D eigenvalue weighted by atomic mass is 32.2. The van der Waals surface area contributed by atoms with Crippen molar-refractivity contribution in [2.45, 2.75) is 30.1 Å². The zero-order valence-electron chi connectivity index (χ0n) is 17.0. The Labute approximate surface area is 185 Å². The number of carboxylic acid groups (broad SMARTS) is 1. The summed E-state index contributed by atoms with van der Waals surface area (Å²) in [6.07, 6.45) is -2.00. The number of ether oxygens (including phenoxy) is 1. The summed E-state index contributed by atoms with van der Waals surface area (Å²) < 4.78 is 36.1. The van der Waals surface area contributed by atoms with E-state index in [1.54, 1.807) is 42.5 Å². The van der Waals surface area contributed by atoms with Gasteiger partial charge < -0.3 is 9.84 Å². The molecule has 1 saturated heterocycles. The van der Waals surface area contributed by atoms with E-state index in [2.05, 4.69) is 0 Å². The third-order valence-electron chi connectivity index (χ3n) is 5.26. The van der Waals surface area contributed by atoms with Crippen LogP contribution in [0.15, 0.2) is 77.7 Å². The third-order valence-corrected chi connectivity index (χ3v) is 6.62. The second kappa shape index (κ2) is 8.97. The van der Waals surface area contributed by atoms with Crippen LogP contribution in [0.25, 0.3) is 10.8 Å². The smallest absolute Gasteiger partial charge is 0.410 e. The SMILES string of the molecule is O=C(O)[C@@H]1C[C@@H](OS(=O)(=O)c2ccc3ccccc3c2)CN1C(=O)OCc1ccccc1. The molecule has 0 spiro atoms. The molecular weight excluding hydrogens is 434 g/mol. The molecule has 1 amide bonds. The van der Waals surface area contributed by atoms with E-state index in [9.17, 15) is 23.1 Å². The van der Waals surface area contributed by atoms with Gasteiger partial charge in [-0.3, -0.25) is 9.08 Å². The molecule has 4 rings (SSSR count). The highest BCUT2D eigenvalue weighted by molar-refractivity contribution is 7.86.